The predicted octanol–water partition coefficient (Wildman–Crippen LogP) is 0.627. The van der Waals surface area contributed by atoms with Crippen LogP contribution in [0, 0.1) is 0 Å². The number of piperazine rings is 1. The summed E-state index contributed by atoms with van der Waals surface area (Å²) in [6.07, 6.45) is 5.84. The number of amides is 2. The lowest BCUT2D eigenvalue weighted by atomic mass is 10.1. The van der Waals surface area contributed by atoms with Crippen molar-refractivity contribution in [2.75, 3.05) is 58.9 Å². The highest BCUT2D eigenvalue weighted by Gasteiger charge is 2.30. The molecule has 24 heavy (non-hydrogen) atoms. The minimum atomic E-state index is -0.0282. The molecule has 0 aliphatic carbocycles. The summed E-state index contributed by atoms with van der Waals surface area (Å²) in [6.45, 7) is 9.84. The predicted molar refractivity (Wildman–Crippen MR) is 93.7 cm³/mol. The van der Waals surface area contributed by atoms with E-state index in [1.165, 1.54) is 6.42 Å². The standard InChI is InChI=1S/C18H32N4O2/c1-16(18(24)22-9-3-2-4-10-22)20-13-11-19(12-14-20)15-17(23)21-7-5-6-8-21/h16H,2-15H2,1H3. The van der Waals surface area contributed by atoms with Crippen molar-refractivity contribution >= 4 is 11.8 Å². The maximum Gasteiger partial charge on any atom is 0.239 e. The molecule has 3 fully saturated rings. The number of likely N-dealkylation sites (tertiary alicyclic amines) is 2. The molecule has 3 rings (SSSR count). The summed E-state index contributed by atoms with van der Waals surface area (Å²) in [6, 6.07) is -0.0282. The van der Waals surface area contributed by atoms with E-state index in [4.69, 9.17) is 0 Å². The van der Waals surface area contributed by atoms with E-state index < -0.39 is 0 Å². The lowest BCUT2D eigenvalue weighted by Crippen LogP contribution is -2.56. The fourth-order valence-electron chi connectivity index (χ4n) is 4.10. The Morgan fingerprint density at radius 1 is 0.750 bits per heavy atom. The van der Waals surface area contributed by atoms with Crippen LogP contribution in [0.25, 0.3) is 0 Å². The van der Waals surface area contributed by atoms with Crippen molar-refractivity contribution in [3.8, 4) is 0 Å². The summed E-state index contributed by atoms with van der Waals surface area (Å²) in [5, 5.41) is 0. The average Bonchev–Trinajstić information content (AvgIpc) is 3.17. The smallest absolute Gasteiger partial charge is 0.239 e. The van der Waals surface area contributed by atoms with Crippen LogP contribution in [0.1, 0.15) is 39.0 Å². The van der Waals surface area contributed by atoms with Gasteiger partial charge in [0.2, 0.25) is 11.8 Å². The van der Waals surface area contributed by atoms with Crippen molar-refractivity contribution in [3.05, 3.63) is 0 Å². The van der Waals surface area contributed by atoms with Crippen LogP contribution in [0.3, 0.4) is 0 Å². The Labute approximate surface area is 145 Å². The van der Waals surface area contributed by atoms with Gasteiger partial charge in [0.25, 0.3) is 0 Å². The van der Waals surface area contributed by atoms with Crippen LogP contribution in [0.4, 0.5) is 0 Å². The Morgan fingerprint density at radius 2 is 1.29 bits per heavy atom. The van der Waals surface area contributed by atoms with Gasteiger partial charge < -0.3 is 9.80 Å². The lowest BCUT2D eigenvalue weighted by Gasteiger charge is -2.39. The molecule has 0 aromatic carbocycles. The van der Waals surface area contributed by atoms with Gasteiger partial charge in [0.1, 0.15) is 0 Å². The van der Waals surface area contributed by atoms with E-state index in [2.05, 4.69) is 9.80 Å². The van der Waals surface area contributed by atoms with Crippen molar-refractivity contribution in [2.24, 2.45) is 0 Å². The van der Waals surface area contributed by atoms with Crippen molar-refractivity contribution in [1.29, 1.82) is 0 Å². The number of rotatable bonds is 4. The molecule has 136 valence electrons. The molecule has 1 atom stereocenters. The summed E-state index contributed by atoms with van der Waals surface area (Å²) in [4.78, 5) is 33.5. The minimum absolute atomic E-state index is 0.0282. The number of piperidine rings is 1. The second-order valence-corrected chi connectivity index (χ2v) is 7.46. The van der Waals surface area contributed by atoms with Crippen LogP contribution in [-0.4, -0.2) is 96.4 Å². The van der Waals surface area contributed by atoms with Crippen LogP contribution < -0.4 is 0 Å². The minimum Gasteiger partial charge on any atom is -0.342 e. The zero-order valence-electron chi connectivity index (χ0n) is 15.1. The van der Waals surface area contributed by atoms with E-state index in [0.717, 1.165) is 78.0 Å². The van der Waals surface area contributed by atoms with E-state index in [0.29, 0.717) is 6.54 Å². The second kappa shape index (κ2) is 8.30. The lowest BCUT2D eigenvalue weighted by molar-refractivity contribution is -0.139. The summed E-state index contributed by atoms with van der Waals surface area (Å²) in [5.41, 5.74) is 0. The molecule has 6 heteroatoms. The summed E-state index contributed by atoms with van der Waals surface area (Å²) >= 11 is 0. The molecule has 0 aromatic rings. The first-order valence-electron chi connectivity index (χ1n) is 9.68. The van der Waals surface area contributed by atoms with Crippen molar-refractivity contribution in [1.82, 2.24) is 19.6 Å². The highest BCUT2D eigenvalue weighted by Crippen LogP contribution is 2.14. The van der Waals surface area contributed by atoms with Gasteiger partial charge in [-0.3, -0.25) is 19.4 Å². The highest BCUT2D eigenvalue weighted by molar-refractivity contribution is 5.81. The van der Waals surface area contributed by atoms with Crippen LogP contribution in [-0.2, 0) is 9.59 Å². The highest BCUT2D eigenvalue weighted by atomic mass is 16.2. The Kier molecular flexibility index (Phi) is 6.11. The molecule has 3 aliphatic rings. The Balaban J connectivity index is 1.42. The van der Waals surface area contributed by atoms with E-state index in [-0.39, 0.29) is 17.9 Å². The number of carbonyl (C=O) groups excluding carboxylic acids is 2. The first-order chi connectivity index (χ1) is 11.6. The van der Waals surface area contributed by atoms with Crippen molar-refractivity contribution in [3.63, 3.8) is 0 Å². The molecule has 0 radical (unpaired) electrons. The molecule has 3 aliphatic heterocycles. The zero-order chi connectivity index (χ0) is 16.9. The van der Waals surface area contributed by atoms with E-state index in [9.17, 15) is 9.59 Å². The Hall–Kier alpha value is -1.14. The fraction of sp³-hybridized carbons (Fsp3) is 0.889. The van der Waals surface area contributed by atoms with Gasteiger partial charge in [-0.2, -0.15) is 0 Å². The fourth-order valence-corrected chi connectivity index (χ4v) is 4.10. The number of nitrogens with zero attached hydrogens (tertiary/aromatic N) is 4. The number of hydrogen-bond acceptors (Lipinski definition) is 4. The van der Waals surface area contributed by atoms with Crippen molar-refractivity contribution < 1.29 is 9.59 Å². The molecule has 0 N–H and O–H groups in total. The van der Waals surface area contributed by atoms with Gasteiger partial charge in [-0.25, -0.2) is 0 Å². The van der Waals surface area contributed by atoms with Gasteiger partial charge in [0.15, 0.2) is 0 Å². The van der Waals surface area contributed by atoms with Gasteiger partial charge >= 0.3 is 0 Å². The Morgan fingerprint density at radius 3 is 1.92 bits per heavy atom. The molecule has 6 nitrogen and oxygen atoms in total. The SMILES string of the molecule is CC(C(=O)N1CCCCC1)N1CCN(CC(=O)N2CCCC2)CC1. The monoisotopic (exact) mass is 336 g/mol. The maximum atomic E-state index is 12.6. The van der Waals surface area contributed by atoms with Crippen LogP contribution in [0.2, 0.25) is 0 Å². The largest absolute Gasteiger partial charge is 0.342 e. The Bertz CT molecular complexity index is 436. The second-order valence-electron chi connectivity index (χ2n) is 7.46. The third kappa shape index (κ3) is 4.28. The topological polar surface area (TPSA) is 47.1 Å². The molecule has 0 aromatic heterocycles. The molecule has 3 heterocycles. The van der Waals surface area contributed by atoms with Gasteiger partial charge in [0, 0.05) is 52.4 Å². The van der Waals surface area contributed by atoms with Crippen LogP contribution >= 0.6 is 0 Å². The average molecular weight is 336 g/mol. The normalized spacial score (nSPS) is 25.0. The molecule has 1 unspecified atom stereocenters. The quantitative estimate of drug-likeness (QED) is 0.755. The molecule has 3 saturated heterocycles. The van der Waals surface area contributed by atoms with Gasteiger partial charge in [-0.05, 0) is 39.0 Å². The summed E-state index contributed by atoms with van der Waals surface area (Å²) < 4.78 is 0. The van der Waals surface area contributed by atoms with Crippen LogP contribution in [0.5, 0.6) is 0 Å². The number of carbonyl (C=O) groups is 2. The number of hydrogen-bond donors (Lipinski definition) is 0. The van der Waals surface area contributed by atoms with E-state index in [1.54, 1.807) is 0 Å². The third-order valence-electron chi connectivity index (χ3n) is 5.80. The molecule has 0 spiro atoms. The zero-order valence-corrected chi connectivity index (χ0v) is 15.1. The molecule has 2 amide bonds. The first kappa shape index (κ1) is 17.7. The van der Waals surface area contributed by atoms with Gasteiger partial charge in [-0.1, -0.05) is 0 Å². The van der Waals surface area contributed by atoms with E-state index in [1.807, 2.05) is 16.7 Å². The maximum absolute atomic E-state index is 12.6. The van der Waals surface area contributed by atoms with Crippen LogP contribution in [0.15, 0.2) is 0 Å². The van der Waals surface area contributed by atoms with Crippen molar-refractivity contribution in [2.45, 2.75) is 45.1 Å². The summed E-state index contributed by atoms with van der Waals surface area (Å²) in [5.74, 6) is 0.565. The third-order valence-corrected chi connectivity index (χ3v) is 5.80. The molecule has 0 saturated carbocycles. The molecular weight excluding hydrogens is 304 g/mol. The van der Waals surface area contributed by atoms with Gasteiger partial charge in [-0.15, -0.1) is 0 Å². The molecule has 0 bridgehead atoms. The van der Waals surface area contributed by atoms with E-state index >= 15 is 0 Å². The summed E-state index contributed by atoms with van der Waals surface area (Å²) in [7, 11) is 0. The first-order valence-corrected chi connectivity index (χ1v) is 9.68. The van der Waals surface area contributed by atoms with Gasteiger partial charge in [0.05, 0.1) is 12.6 Å². The molecular formula is C18H32N4O2.